The highest BCUT2D eigenvalue weighted by atomic mass is 79.9. The summed E-state index contributed by atoms with van der Waals surface area (Å²) in [6.45, 7) is 4.22. The minimum Gasteiger partial charge on any atom is -0.481 e. The Kier molecular flexibility index (Phi) is 6.94. The fraction of sp³-hybridized carbons (Fsp3) is 0.667. The third kappa shape index (κ3) is 5.85. The summed E-state index contributed by atoms with van der Waals surface area (Å²) in [7, 11) is -2.74. The van der Waals surface area contributed by atoms with Gasteiger partial charge in [0.05, 0.1) is 13.2 Å². The van der Waals surface area contributed by atoms with Crippen molar-refractivity contribution in [1.82, 2.24) is 0 Å². The van der Waals surface area contributed by atoms with Crippen LogP contribution in [0.2, 0.25) is 0 Å². The average Bonchev–Trinajstić information content (AvgIpc) is 2.03. The second-order valence-corrected chi connectivity index (χ2v) is 3.13. The van der Waals surface area contributed by atoms with E-state index < -0.39 is 8.25 Å². The predicted octanol–water partition coefficient (Wildman–Crippen LogP) is 2.25. The van der Waals surface area contributed by atoms with E-state index in [4.69, 9.17) is 14.4 Å². The molecule has 1 atom stereocenters. The van der Waals surface area contributed by atoms with Gasteiger partial charge in [-0.3, -0.25) is 0 Å². The summed E-state index contributed by atoms with van der Waals surface area (Å²) in [4.78, 5) is 8.46. The molecule has 0 saturated heterocycles. The van der Waals surface area contributed by atoms with Gasteiger partial charge in [-0.25, -0.2) is 0 Å². The number of hydrogen-bond acceptors (Lipinski definition) is 4. The Morgan fingerprint density at radius 2 is 1.92 bits per heavy atom. The number of rotatable bonds is 6. The molecular weight excluding hydrogens is 263 g/mol. The molecule has 0 rings (SSSR count). The van der Waals surface area contributed by atoms with Gasteiger partial charge in [0.25, 0.3) is 0 Å². The molecule has 1 N–H and O–H groups in total. The van der Waals surface area contributed by atoms with Gasteiger partial charge >= 0.3 is 14.2 Å². The molecule has 0 aliphatic heterocycles. The van der Waals surface area contributed by atoms with Crippen LogP contribution in [-0.2, 0) is 18.6 Å². The molecule has 0 aromatic heterocycles. The fourth-order valence-electron chi connectivity index (χ4n) is 0.507. The average molecular weight is 274 g/mol. The van der Waals surface area contributed by atoms with Gasteiger partial charge in [-0.05, 0) is 29.8 Å². The molecule has 0 spiro atoms. The largest absolute Gasteiger partial charge is 0.750 e. The van der Waals surface area contributed by atoms with E-state index in [0.717, 1.165) is 0 Å². The number of halogens is 1. The standard InChI is InChI=1S/C6H10BrO5P/c1-3-10-5(7)6(11-4-2)12-13(8)9/h3-4H2,1-2H3/p+1. The molecule has 0 aliphatic rings. The quantitative estimate of drug-likeness (QED) is 0.594. The molecular formula is C6H11BrO5P+. The van der Waals surface area contributed by atoms with Crippen molar-refractivity contribution in [3.63, 3.8) is 0 Å². The molecule has 5 nitrogen and oxygen atoms in total. The zero-order chi connectivity index (χ0) is 10.3. The first-order valence-corrected chi connectivity index (χ1v) is 5.53. The first-order chi connectivity index (χ1) is 6.11. The molecule has 0 aromatic rings. The highest BCUT2D eigenvalue weighted by Crippen LogP contribution is 2.26. The SMILES string of the molecule is CCOC(Br)=C(OCC)O[P+](=O)O. The molecule has 7 heteroatoms. The van der Waals surface area contributed by atoms with Gasteiger partial charge in [-0.15, -0.1) is 4.89 Å². The van der Waals surface area contributed by atoms with Crippen LogP contribution in [0.1, 0.15) is 13.8 Å². The minimum absolute atomic E-state index is 0.118. The molecule has 0 aliphatic carbocycles. The van der Waals surface area contributed by atoms with E-state index in [9.17, 15) is 4.57 Å². The second-order valence-electron chi connectivity index (χ2n) is 1.76. The highest BCUT2D eigenvalue weighted by molar-refractivity contribution is 9.11. The van der Waals surface area contributed by atoms with Crippen LogP contribution >= 0.6 is 24.2 Å². The molecule has 1 unspecified atom stereocenters. The zero-order valence-corrected chi connectivity index (χ0v) is 9.80. The monoisotopic (exact) mass is 273 g/mol. The minimum atomic E-state index is -2.74. The van der Waals surface area contributed by atoms with Crippen molar-refractivity contribution < 1.29 is 23.5 Å². The summed E-state index contributed by atoms with van der Waals surface area (Å²) in [6, 6.07) is 0. The molecule has 0 radical (unpaired) electrons. The van der Waals surface area contributed by atoms with Crippen LogP contribution in [0.15, 0.2) is 10.6 Å². The van der Waals surface area contributed by atoms with Crippen molar-refractivity contribution >= 4 is 24.2 Å². The lowest BCUT2D eigenvalue weighted by Gasteiger charge is -2.04. The lowest BCUT2D eigenvalue weighted by Crippen LogP contribution is -1.98. The molecule has 13 heavy (non-hydrogen) atoms. The molecule has 0 amide bonds. The highest BCUT2D eigenvalue weighted by Gasteiger charge is 2.22. The number of hydrogen-bond donors (Lipinski definition) is 1. The van der Waals surface area contributed by atoms with E-state index in [2.05, 4.69) is 20.5 Å². The summed E-state index contributed by atoms with van der Waals surface area (Å²) in [6.07, 6.45) is 0. The van der Waals surface area contributed by atoms with Crippen LogP contribution in [0.3, 0.4) is 0 Å². The third-order valence-corrected chi connectivity index (χ3v) is 1.74. The third-order valence-electron chi connectivity index (χ3n) is 0.868. The Labute approximate surface area is 85.8 Å². The van der Waals surface area contributed by atoms with Crippen LogP contribution in [0, 0.1) is 0 Å². The van der Waals surface area contributed by atoms with Crippen LogP contribution in [0.4, 0.5) is 0 Å². The Morgan fingerprint density at radius 3 is 2.31 bits per heavy atom. The van der Waals surface area contributed by atoms with Crippen molar-refractivity contribution in [3.8, 4) is 0 Å². The molecule has 0 aromatic carbocycles. The molecule has 76 valence electrons. The maximum atomic E-state index is 10.3. The van der Waals surface area contributed by atoms with Crippen molar-refractivity contribution in [1.29, 1.82) is 0 Å². The van der Waals surface area contributed by atoms with Crippen LogP contribution in [0.25, 0.3) is 0 Å². The summed E-state index contributed by atoms with van der Waals surface area (Å²) in [5, 5.41) is 0. The fourth-order valence-corrected chi connectivity index (χ4v) is 1.33. The first-order valence-electron chi connectivity index (χ1n) is 3.61. The predicted molar refractivity (Wildman–Crippen MR) is 50.1 cm³/mol. The van der Waals surface area contributed by atoms with E-state index in [0.29, 0.717) is 13.2 Å². The zero-order valence-electron chi connectivity index (χ0n) is 7.32. The molecule has 0 heterocycles. The van der Waals surface area contributed by atoms with Gasteiger partial charge in [0.1, 0.15) is 0 Å². The summed E-state index contributed by atoms with van der Waals surface area (Å²) >= 11 is 3.00. The number of ether oxygens (including phenoxy) is 2. The summed E-state index contributed by atoms with van der Waals surface area (Å²) in [5.41, 5.74) is 0. The van der Waals surface area contributed by atoms with Crippen LogP contribution in [0.5, 0.6) is 0 Å². The Bertz CT molecular complexity index is 205. The van der Waals surface area contributed by atoms with Gasteiger partial charge in [-0.2, -0.15) is 4.52 Å². The van der Waals surface area contributed by atoms with E-state index >= 15 is 0 Å². The molecule has 0 fully saturated rings. The van der Waals surface area contributed by atoms with E-state index in [1.165, 1.54) is 0 Å². The van der Waals surface area contributed by atoms with Crippen molar-refractivity contribution in [2.75, 3.05) is 13.2 Å². The van der Waals surface area contributed by atoms with Gasteiger partial charge in [0.15, 0.2) is 0 Å². The van der Waals surface area contributed by atoms with Crippen molar-refractivity contribution in [2.24, 2.45) is 0 Å². The van der Waals surface area contributed by atoms with E-state index in [1.54, 1.807) is 13.8 Å². The summed E-state index contributed by atoms with van der Waals surface area (Å²) in [5.74, 6) is -0.118. The second kappa shape index (κ2) is 7.12. The Hall–Kier alpha value is -0.320. The smallest absolute Gasteiger partial charge is 0.481 e. The van der Waals surface area contributed by atoms with Gasteiger partial charge in [0, 0.05) is 4.57 Å². The Balaban J connectivity index is 4.35. The maximum absolute atomic E-state index is 10.3. The van der Waals surface area contributed by atoms with Gasteiger partial charge < -0.3 is 9.47 Å². The lowest BCUT2D eigenvalue weighted by molar-refractivity contribution is 0.0895. The topological polar surface area (TPSA) is 65.0 Å². The van der Waals surface area contributed by atoms with Crippen LogP contribution in [-0.4, -0.2) is 18.1 Å². The van der Waals surface area contributed by atoms with Crippen LogP contribution < -0.4 is 0 Å². The van der Waals surface area contributed by atoms with Crippen molar-refractivity contribution in [3.05, 3.63) is 10.6 Å². The molecule has 0 bridgehead atoms. The lowest BCUT2D eigenvalue weighted by atomic mass is 10.8. The van der Waals surface area contributed by atoms with E-state index in [-0.39, 0.29) is 10.6 Å². The summed E-state index contributed by atoms with van der Waals surface area (Å²) < 4.78 is 24.8. The van der Waals surface area contributed by atoms with Gasteiger partial charge in [-0.1, -0.05) is 0 Å². The van der Waals surface area contributed by atoms with Gasteiger partial charge in [0.2, 0.25) is 4.67 Å². The van der Waals surface area contributed by atoms with E-state index in [1.807, 2.05) is 0 Å². The van der Waals surface area contributed by atoms with Crippen molar-refractivity contribution in [2.45, 2.75) is 13.8 Å². The Morgan fingerprint density at radius 1 is 1.38 bits per heavy atom. The normalized spacial score (nSPS) is 13.1. The first kappa shape index (κ1) is 12.7. The molecule has 0 saturated carbocycles. The maximum Gasteiger partial charge on any atom is 0.750 e.